The van der Waals surface area contributed by atoms with Crippen LogP contribution in [-0.4, -0.2) is 52.2 Å². The second-order valence-electron chi connectivity index (χ2n) is 4.92. The van der Waals surface area contributed by atoms with E-state index in [0.717, 1.165) is 5.56 Å². The van der Waals surface area contributed by atoms with Gasteiger partial charge < -0.3 is 25.2 Å². The summed E-state index contributed by atoms with van der Waals surface area (Å²) in [5.74, 6) is -0.421. The summed E-state index contributed by atoms with van der Waals surface area (Å²) in [5.41, 5.74) is 0.962. The number of carbonyl (C=O) groups excluding carboxylic acids is 1. The summed E-state index contributed by atoms with van der Waals surface area (Å²) in [6.45, 7) is 1.41. The van der Waals surface area contributed by atoms with Crippen molar-refractivity contribution in [1.82, 2.24) is 10.2 Å². The molecule has 114 valence electrons. The molecule has 2 amide bonds. The standard InChI is InChI=1S/C14H18N2O5/c1-9(15-14(19)20)12(17)16-8-21-13(18)11(16)7-10-5-3-2-4-6-10/h2-6,9,11,13,15,18H,7-8H2,1H3,(H,19,20). The summed E-state index contributed by atoms with van der Waals surface area (Å²) in [6.07, 6.45) is -1.91. The molecule has 1 heterocycles. The maximum absolute atomic E-state index is 12.2. The van der Waals surface area contributed by atoms with Crippen LogP contribution in [0.1, 0.15) is 12.5 Å². The zero-order chi connectivity index (χ0) is 15.4. The quantitative estimate of drug-likeness (QED) is 0.746. The predicted octanol–water partition coefficient (Wildman–Crippen LogP) is 0.389. The second-order valence-corrected chi connectivity index (χ2v) is 4.92. The summed E-state index contributed by atoms with van der Waals surface area (Å²) >= 11 is 0. The number of benzene rings is 1. The van der Waals surface area contributed by atoms with Gasteiger partial charge in [0.15, 0.2) is 6.29 Å². The van der Waals surface area contributed by atoms with E-state index < -0.39 is 30.4 Å². The highest BCUT2D eigenvalue weighted by molar-refractivity contribution is 5.85. The molecule has 1 aliphatic rings. The van der Waals surface area contributed by atoms with Gasteiger partial charge in [-0.25, -0.2) is 4.79 Å². The smallest absolute Gasteiger partial charge is 0.405 e. The third-order valence-corrected chi connectivity index (χ3v) is 3.40. The van der Waals surface area contributed by atoms with Crippen LogP contribution < -0.4 is 5.32 Å². The summed E-state index contributed by atoms with van der Waals surface area (Å²) in [4.78, 5) is 24.2. The number of rotatable bonds is 4. The Labute approximate surface area is 122 Å². The minimum atomic E-state index is -1.27. The molecule has 1 aromatic rings. The van der Waals surface area contributed by atoms with Crippen LogP contribution in [0.3, 0.4) is 0 Å². The highest BCUT2D eigenvalue weighted by atomic mass is 16.6. The number of carboxylic acid groups (broad SMARTS) is 1. The van der Waals surface area contributed by atoms with Gasteiger partial charge >= 0.3 is 6.09 Å². The van der Waals surface area contributed by atoms with Crippen molar-refractivity contribution in [2.24, 2.45) is 0 Å². The molecule has 1 aliphatic heterocycles. The number of hydrogen-bond acceptors (Lipinski definition) is 4. The maximum Gasteiger partial charge on any atom is 0.405 e. The predicted molar refractivity (Wildman–Crippen MR) is 73.4 cm³/mol. The molecule has 7 heteroatoms. The molecule has 7 nitrogen and oxygen atoms in total. The average molecular weight is 294 g/mol. The van der Waals surface area contributed by atoms with Crippen molar-refractivity contribution in [3.63, 3.8) is 0 Å². The number of ether oxygens (including phenoxy) is 1. The number of carbonyl (C=O) groups is 2. The third kappa shape index (κ3) is 3.71. The Morgan fingerprint density at radius 2 is 2.10 bits per heavy atom. The monoisotopic (exact) mass is 294 g/mol. The second kappa shape index (κ2) is 6.55. The number of aliphatic hydroxyl groups excluding tert-OH is 1. The molecular formula is C14H18N2O5. The first-order valence-corrected chi connectivity index (χ1v) is 6.62. The first kappa shape index (κ1) is 15.3. The van der Waals surface area contributed by atoms with Gasteiger partial charge in [-0.2, -0.15) is 0 Å². The molecule has 0 aliphatic carbocycles. The first-order chi connectivity index (χ1) is 9.99. The van der Waals surface area contributed by atoms with Crippen molar-refractivity contribution in [1.29, 1.82) is 0 Å². The molecule has 0 spiro atoms. The number of hydrogen-bond donors (Lipinski definition) is 3. The highest BCUT2D eigenvalue weighted by Crippen LogP contribution is 2.20. The molecule has 1 fully saturated rings. The maximum atomic E-state index is 12.2. The fraction of sp³-hybridized carbons (Fsp3) is 0.429. The molecule has 1 aromatic carbocycles. The fourth-order valence-corrected chi connectivity index (χ4v) is 2.31. The molecular weight excluding hydrogens is 276 g/mol. The molecule has 2 rings (SSSR count). The Bertz CT molecular complexity index is 507. The minimum absolute atomic E-state index is 0.0524. The zero-order valence-corrected chi connectivity index (χ0v) is 11.6. The molecule has 3 atom stereocenters. The number of nitrogens with one attached hydrogen (secondary N) is 1. The van der Waals surface area contributed by atoms with Crippen LogP contribution in [0.15, 0.2) is 30.3 Å². The van der Waals surface area contributed by atoms with Crippen molar-refractivity contribution in [2.45, 2.75) is 31.7 Å². The lowest BCUT2D eigenvalue weighted by atomic mass is 10.0. The normalized spacial score (nSPS) is 22.9. The van der Waals surface area contributed by atoms with Crippen LogP contribution in [0.25, 0.3) is 0 Å². The van der Waals surface area contributed by atoms with Crippen LogP contribution >= 0.6 is 0 Å². The van der Waals surface area contributed by atoms with E-state index in [-0.39, 0.29) is 6.73 Å². The van der Waals surface area contributed by atoms with Crippen molar-refractivity contribution in [3.8, 4) is 0 Å². The topological polar surface area (TPSA) is 99.1 Å². The molecule has 3 unspecified atom stereocenters. The van der Waals surface area contributed by atoms with Crippen LogP contribution in [0, 0.1) is 0 Å². The van der Waals surface area contributed by atoms with E-state index >= 15 is 0 Å². The Morgan fingerprint density at radius 3 is 2.71 bits per heavy atom. The van der Waals surface area contributed by atoms with E-state index in [2.05, 4.69) is 5.32 Å². The van der Waals surface area contributed by atoms with E-state index in [9.17, 15) is 14.7 Å². The Kier molecular flexibility index (Phi) is 4.77. The Morgan fingerprint density at radius 1 is 1.43 bits per heavy atom. The molecule has 1 saturated heterocycles. The lowest BCUT2D eigenvalue weighted by Gasteiger charge is -2.26. The molecule has 21 heavy (non-hydrogen) atoms. The van der Waals surface area contributed by atoms with E-state index in [1.54, 1.807) is 0 Å². The van der Waals surface area contributed by atoms with Gasteiger partial charge in [0.1, 0.15) is 12.8 Å². The van der Waals surface area contributed by atoms with Gasteiger partial charge in [-0.3, -0.25) is 4.79 Å². The first-order valence-electron chi connectivity index (χ1n) is 6.62. The van der Waals surface area contributed by atoms with Crippen molar-refractivity contribution < 1.29 is 24.5 Å². The third-order valence-electron chi connectivity index (χ3n) is 3.40. The number of aliphatic hydroxyl groups is 1. The van der Waals surface area contributed by atoms with Crippen molar-refractivity contribution in [3.05, 3.63) is 35.9 Å². The van der Waals surface area contributed by atoms with Crippen molar-refractivity contribution in [2.75, 3.05) is 6.73 Å². The summed E-state index contributed by atoms with van der Waals surface area (Å²) in [5, 5.41) is 20.7. The van der Waals surface area contributed by atoms with Gasteiger partial charge in [0.05, 0.1) is 6.04 Å². The van der Waals surface area contributed by atoms with E-state index in [1.807, 2.05) is 30.3 Å². The molecule has 0 aromatic heterocycles. The Balaban J connectivity index is 2.07. The summed E-state index contributed by atoms with van der Waals surface area (Å²) < 4.78 is 5.11. The van der Waals surface area contributed by atoms with Gasteiger partial charge in [0, 0.05) is 0 Å². The number of nitrogens with zero attached hydrogens (tertiary/aromatic N) is 1. The van der Waals surface area contributed by atoms with Crippen molar-refractivity contribution >= 4 is 12.0 Å². The zero-order valence-electron chi connectivity index (χ0n) is 11.6. The lowest BCUT2D eigenvalue weighted by Crippen LogP contribution is -2.50. The largest absolute Gasteiger partial charge is 0.465 e. The van der Waals surface area contributed by atoms with Gasteiger partial charge in [-0.1, -0.05) is 30.3 Å². The Hall–Kier alpha value is -2.12. The minimum Gasteiger partial charge on any atom is -0.465 e. The molecule has 3 N–H and O–H groups in total. The molecule has 0 saturated carbocycles. The molecule has 0 bridgehead atoms. The van der Waals surface area contributed by atoms with E-state index in [1.165, 1.54) is 11.8 Å². The summed E-state index contributed by atoms with van der Waals surface area (Å²) in [7, 11) is 0. The average Bonchev–Trinajstić information content (AvgIpc) is 2.80. The van der Waals surface area contributed by atoms with E-state index in [0.29, 0.717) is 6.42 Å². The van der Waals surface area contributed by atoms with Gasteiger partial charge in [0.25, 0.3) is 0 Å². The van der Waals surface area contributed by atoms with Gasteiger partial charge in [0.2, 0.25) is 5.91 Å². The lowest BCUT2D eigenvalue weighted by molar-refractivity contribution is -0.134. The highest BCUT2D eigenvalue weighted by Gasteiger charge is 2.38. The SMILES string of the molecule is CC(NC(=O)O)C(=O)N1COC(O)C1Cc1ccccc1. The van der Waals surface area contributed by atoms with Crippen LogP contribution in [-0.2, 0) is 16.0 Å². The van der Waals surface area contributed by atoms with E-state index in [4.69, 9.17) is 9.84 Å². The molecule has 0 radical (unpaired) electrons. The van der Waals surface area contributed by atoms with Gasteiger partial charge in [-0.05, 0) is 18.9 Å². The van der Waals surface area contributed by atoms with Crippen LogP contribution in [0.2, 0.25) is 0 Å². The van der Waals surface area contributed by atoms with Crippen LogP contribution in [0.5, 0.6) is 0 Å². The number of amides is 2. The van der Waals surface area contributed by atoms with Gasteiger partial charge in [-0.15, -0.1) is 0 Å². The fourth-order valence-electron chi connectivity index (χ4n) is 2.31. The van der Waals surface area contributed by atoms with Crippen LogP contribution in [0.4, 0.5) is 4.79 Å². The summed E-state index contributed by atoms with van der Waals surface area (Å²) in [6, 6.07) is 8.00.